The van der Waals surface area contributed by atoms with Crippen LogP contribution in [0.4, 0.5) is 0 Å². The van der Waals surface area contributed by atoms with Crippen molar-refractivity contribution in [3.05, 3.63) is 0 Å². The molecule has 0 unspecified atom stereocenters. The van der Waals surface area contributed by atoms with E-state index in [-0.39, 0.29) is 11.4 Å². The molecule has 1 spiro atoms. The number of β-lactam (4-membered cyclic amide) rings is 1. The lowest BCUT2D eigenvalue weighted by Crippen LogP contribution is -2.78. The van der Waals surface area contributed by atoms with Crippen molar-refractivity contribution < 1.29 is 4.79 Å². The minimum Gasteiger partial charge on any atom is -0.342 e. The molecule has 2 N–H and O–H groups in total. The van der Waals surface area contributed by atoms with Gasteiger partial charge in [-0.25, -0.2) is 0 Å². The highest BCUT2D eigenvalue weighted by atomic mass is 16.2. The van der Waals surface area contributed by atoms with E-state index in [1.165, 1.54) is 0 Å². The van der Waals surface area contributed by atoms with E-state index < -0.39 is 0 Å². The lowest BCUT2D eigenvalue weighted by molar-refractivity contribution is -0.151. The minimum absolute atomic E-state index is 0.227. The first kappa shape index (κ1) is 7.06. The van der Waals surface area contributed by atoms with E-state index in [0.29, 0.717) is 0 Å². The van der Waals surface area contributed by atoms with Gasteiger partial charge in [0.15, 0.2) is 0 Å². The van der Waals surface area contributed by atoms with Crippen LogP contribution in [0.5, 0.6) is 0 Å². The first-order valence-corrected chi connectivity index (χ1v) is 3.96. The summed E-state index contributed by atoms with van der Waals surface area (Å²) in [5.74, 6) is 0.227. The fraction of sp³-hybridized carbons (Fsp3) is 0.857. The van der Waals surface area contributed by atoms with Gasteiger partial charge in [-0.15, -0.1) is 0 Å². The van der Waals surface area contributed by atoms with Crippen LogP contribution in [0.25, 0.3) is 0 Å². The van der Waals surface area contributed by atoms with Crippen LogP contribution in [0.15, 0.2) is 0 Å². The van der Waals surface area contributed by atoms with E-state index in [9.17, 15) is 4.79 Å². The molecule has 62 valence electrons. The quantitative estimate of drug-likeness (QED) is 0.414. The number of hydrogen-bond acceptors (Lipinski definition) is 3. The Morgan fingerprint density at radius 2 is 2.36 bits per heavy atom. The van der Waals surface area contributed by atoms with Gasteiger partial charge in [0.05, 0.1) is 0 Å². The molecule has 2 saturated heterocycles. The Hall–Kier alpha value is -0.610. The lowest BCUT2D eigenvalue weighted by Gasteiger charge is -2.49. The molecule has 11 heavy (non-hydrogen) atoms. The minimum atomic E-state index is -0.243. The zero-order valence-electron chi connectivity index (χ0n) is 6.68. The third-order valence-corrected chi connectivity index (χ3v) is 2.46. The van der Waals surface area contributed by atoms with Gasteiger partial charge in [-0.3, -0.25) is 10.1 Å². The Bertz CT molecular complexity index is 181. The van der Waals surface area contributed by atoms with E-state index in [4.69, 9.17) is 0 Å². The van der Waals surface area contributed by atoms with E-state index in [2.05, 4.69) is 10.6 Å². The number of nitrogens with one attached hydrogen (secondary N) is 2. The summed E-state index contributed by atoms with van der Waals surface area (Å²) < 4.78 is 0. The van der Waals surface area contributed by atoms with E-state index in [1.807, 2.05) is 7.05 Å². The number of likely N-dealkylation sites (tertiary alicyclic amines) is 1. The van der Waals surface area contributed by atoms with Crippen LogP contribution < -0.4 is 10.6 Å². The SMILES string of the molecule is CN1C[C@@]2(CNCCN2)C1=O. The van der Waals surface area contributed by atoms with Crippen molar-refractivity contribution in [1.29, 1.82) is 0 Å². The van der Waals surface area contributed by atoms with Crippen LogP contribution in [0.3, 0.4) is 0 Å². The van der Waals surface area contributed by atoms with Crippen molar-refractivity contribution in [2.24, 2.45) is 0 Å². The molecule has 0 aromatic rings. The molecular weight excluding hydrogens is 142 g/mol. The maximum atomic E-state index is 11.4. The standard InChI is InChI=1S/C7H13N3O/c1-10-5-7(6(10)11)4-8-2-3-9-7/h8-9H,2-5H2,1H3/t7-/m0/s1. The number of likely N-dealkylation sites (N-methyl/N-ethyl adjacent to an activating group) is 1. The Kier molecular flexibility index (Phi) is 1.40. The topological polar surface area (TPSA) is 44.4 Å². The lowest BCUT2D eigenvalue weighted by atomic mass is 9.87. The smallest absolute Gasteiger partial charge is 0.245 e. The highest BCUT2D eigenvalue weighted by molar-refractivity contribution is 5.93. The normalized spacial score (nSPS) is 37.5. The molecule has 0 aromatic heterocycles. The molecule has 2 heterocycles. The van der Waals surface area contributed by atoms with Gasteiger partial charge in [0.1, 0.15) is 5.54 Å². The van der Waals surface area contributed by atoms with Crippen molar-refractivity contribution in [3.63, 3.8) is 0 Å². The van der Waals surface area contributed by atoms with Gasteiger partial charge in [0.2, 0.25) is 5.91 Å². The average molecular weight is 155 g/mol. The third kappa shape index (κ3) is 0.862. The Balaban J connectivity index is 2.06. The molecule has 1 amide bonds. The van der Waals surface area contributed by atoms with E-state index in [1.54, 1.807) is 4.90 Å². The molecule has 1 atom stereocenters. The van der Waals surface area contributed by atoms with Crippen molar-refractivity contribution in [2.75, 3.05) is 33.2 Å². The van der Waals surface area contributed by atoms with Crippen LogP contribution in [0.1, 0.15) is 0 Å². The Labute approximate surface area is 65.9 Å². The van der Waals surface area contributed by atoms with Gasteiger partial charge in [0, 0.05) is 33.2 Å². The van der Waals surface area contributed by atoms with Gasteiger partial charge >= 0.3 is 0 Å². The maximum Gasteiger partial charge on any atom is 0.245 e. The summed E-state index contributed by atoms with van der Waals surface area (Å²) >= 11 is 0. The molecule has 0 saturated carbocycles. The third-order valence-electron chi connectivity index (χ3n) is 2.46. The molecule has 0 bridgehead atoms. The highest BCUT2D eigenvalue weighted by Crippen LogP contribution is 2.21. The summed E-state index contributed by atoms with van der Waals surface area (Å²) in [5.41, 5.74) is -0.243. The van der Waals surface area contributed by atoms with Gasteiger partial charge in [-0.2, -0.15) is 0 Å². The summed E-state index contributed by atoms with van der Waals surface area (Å²) in [6.45, 7) is 3.51. The van der Waals surface area contributed by atoms with Gasteiger partial charge in [0.25, 0.3) is 0 Å². The zero-order chi connectivity index (χ0) is 7.90. The number of carbonyl (C=O) groups excluding carboxylic acids is 1. The fourth-order valence-electron chi connectivity index (χ4n) is 1.84. The molecule has 0 aliphatic carbocycles. The summed E-state index contributed by atoms with van der Waals surface area (Å²) in [5, 5.41) is 6.48. The molecule has 4 heteroatoms. The zero-order valence-corrected chi connectivity index (χ0v) is 6.68. The summed E-state index contributed by atoms with van der Waals surface area (Å²) in [4.78, 5) is 13.1. The van der Waals surface area contributed by atoms with Crippen LogP contribution in [-0.2, 0) is 4.79 Å². The monoisotopic (exact) mass is 155 g/mol. The number of amides is 1. The second-order valence-electron chi connectivity index (χ2n) is 3.35. The van der Waals surface area contributed by atoms with Crippen molar-refractivity contribution in [1.82, 2.24) is 15.5 Å². The number of nitrogens with zero attached hydrogens (tertiary/aromatic N) is 1. The van der Waals surface area contributed by atoms with Crippen molar-refractivity contribution in [2.45, 2.75) is 5.54 Å². The van der Waals surface area contributed by atoms with Crippen molar-refractivity contribution in [3.8, 4) is 0 Å². The maximum absolute atomic E-state index is 11.4. The summed E-state index contributed by atoms with van der Waals surface area (Å²) in [6, 6.07) is 0. The van der Waals surface area contributed by atoms with Gasteiger partial charge in [-0.05, 0) is 0 Å². The number of carbonyl (C=O) groups is 1. The van der Waals surface area contributed by atoms with Crippen molar-refractivity contribution >= 4 is 5.91 Å². The first-order valence-electron chi connectivity index (χ1n) is 3.96. The molecule has 2 aliphatic rings. The van der Waals surface area contributed by atoms with Gasteiger partial charge < -0.3 is 10.2 Å². The molecule has 2 fully saturated rings. The molecule has 0 radical (unpaired) electrons. The molecule has 2 aliphatic heterocycles. The summed E-state index contributed by atoms with van der Waals surface area (Å²) in [6.07, 6.45) is 0. The largest absolute Gasteiger partial charge is 0.342 e. The van der Waals surface area contributed by atoms with Crippen LogP contribution >= 0.6 is 0 Å². The second kappa shape index (κ2) is 2.19. The number of hydrogen-bond donors (Lipinski definition) is 2. The molecule has 4 nitrogen and oxygen atoms in total. The highest BCUT2D eigenvalue weighted by Gasteiger charge is 2.50. The Morgan fingerprint density at radius 1 is 1.55 bits per heavy atom. The van der Waals surface area contributed by atoms with Crippen LogP contribution in [0, 0.1) is 0 Å². The van der Waals surface area contributed by atoms with E-state index >= 15 is 0 Å². The predicted octanol–water partition coefficient (Wildman–Crippen LogP) is -1.61. The summed E-state index contributed by atoms with van der Waals surface area (Å²) in [7, 11) is 1.84. The first-order chi connectivity index (χ1) is 5.25. The van der Waals surface area contributed by atoms with E-state index in [0.717, 1.165) is 26.2 Å². The predicted molar refractivity (Wildman–Crippen MR) is 41.2 cm³/mol. The van der Waals surface area contributed by atoms with Crippen LogP contribution in [0.2, 0.25) is 0 Å². The van der Waals surface area contributed by atoms with Gasteiger partial charge in [-0.1, -0.05) is 0 Å². The molecule has 2 rings (SSSR count). The second-order valence-corrected chi connectivity index (χ2v) is 3.35. The fourth-order valence-corrected chi connectivity index (χ4v) is 1.84. The molecule has 0 aromatic carbocycles. The molecular formula is C7H13N3O. The Morgan fingerprint density at radius 3 is 2.82 bits per heavy atom. The van der Waals surface area contributed by atoms with Crippen LogP contribution in [-0.4, -0.2) is 49.6 Å². The number of rotatable bonds is 0. The average Bonchev–Trinajstić information content (AvgIpc) is 2.06. The number of piperazine rings is 1.